The van der Waals surface area contributed by atoms with Gasteiger partial charge >= 0.3 is 0 Å². The fourth-order valence-corrected chi connectivity index (χ4v) is 3.67. The summed E-state index contributed by atoms with van der Waals surface area (Å²) in [6.45, 7) is 1.92. The Labute approximate surface area is 168 Å². The van der Waals surface area contributed by atoms with Gasteiger partial charge in [0.1, 0.15) is 17.2 Å². The number of amides is 1. The standard InChI is InChI=1S/C21H24FN5O2/c1-13(14-3-2-4-15(22)11-14)24-19-9-10-27-20(26-19)18(12-23-27)21(29)25-16-5-7-17(28)8-6-16/h2-4,9-13,16-17,28H,5-8H2,1H3,(H,24,26)(H,25,29). The molecule has 2 aromatic heterocycles. The Kier molecular flexibility index (Phi) is 5.44. The topological polar surface area (TPSA) is 91.5 Å². The van der Waals surface area contributed by atoms with Gasteiger partial charge in [0.2, 0.25) is 0 Å². The number of rotatable bonds is 5. The second kappa shape index (κ2) is 8.16. The number of fused-ring (bicyclic) bond motifs is 1. The number of anilines is 1. The lowest BCUT2D eigenvalue weighted by molar-refractivity contribution is 0.0869. The molecular weight excluding hydrogens is 373 g/mol. The molecule has 1 aliphatic carbocycles. The van der Waals surface area contributed by atoms with Crippen molar-refractivity contribution in [3.8, 4) is 0 Å². The molecule has 0 saturated heterocycles. The number of nitrogens with one attached hydrogen (secondary N) is 2. The summed E-state index contributed by atoms with van der Waals surface area (Å²) in [5, 5.41) is 20.1. The summed E-state index contributed by atoms with van der Waals surface area (Å²) in [6.07, 6.45) is 5.89. The van der Waals surface area contributed by atoms with Crippen LogP contribution < -0.4 is 10.6 Å². The molecule has 1 fully saturated rings. The number of carbonyl (C=O) groups excluding carboxylic acids is 1. The number of halogens is 1. The van der Waals surface area contributed by atoms with Gasteiger partial charge in [-0.2, -0.15) is 5.10 Å². The predicted molar refractivity (Wildman–Crippen MR) is 107 cm³/mol. The van der Waals surface area contributed by atoms with E-state index in [1.807, 2.05) is 13.0 Å². The first-order valence-corrected chi connectivity index (χ1v) is 9.85. The molecule has 29 heavy (non-hydrogen) atoms. The molecule has 3 N–H and O–H groups in total. The molecule has 1 unspecified atom stereocenters. The molecule has 152 valence electrons. The molecule has 1 aliphatic rings. The number of aliphatic hydroxyl groups is 1. The van der Waals surface area contributed by atoms with E-state index in [-0.39, 0.29) is 29.9 Å². The van der Waals surface area contributed by atoms with Gasteiger partial charge in [-0.1, -0.05) is 12.1 Å². The number of nitrogens with zero attached hydrogens (tertiary/aromatic N) is 3. The van der Waals surface area contributed by atoms with Gasteiger partial charge in [-0.3, -0.25) is 4.79 Å². The lowest BCUT2D eigenvalue weighted by Crippen LogP contribution is -2.38. The molecule has 0 aliphatic heterocycles. The molecule has 1 saturated carbocycles. The lowest BCUT2D eigenvalue weighted by atomic mass is 9.93. The van der Waals surface area contributed by atoms with E-state index < -0.39 is 0 Å². The molecule has 1 aromatic carbocycles. The molecular formula is C21H24FN5O2. The maximum atomic E-state index is 13.5. The number of hydrogen-bond donors (Lipinski definition) is 3. The van der Waals surface area contributed by atoms with Crippen molar-refractivity contribution >= 4 is 17.4 Å². The number of aromatic nitrogens is 3. The van der Waals surface area contributed by atoms with Crippen LogP contribution in [-0.2, 0) is 0 Å². The summed E-state index contributed by atoms with van der Waals surface area (Å²) in [4.78, 5) is 17.3. The molecule has 2 heterocycles. The lowest BCUT2D eigenvalue weighted by Gasteiger charge is -2.25. The van der Waals surface area contributed by atoms with Gasteiger partial charge in [0.15, 0.2) is 5.65 Å². The van der Waals surface area contributed by atoms with Crippen molar-refractivity contribution < 1.29 is 14.3 Å². The van der Waals surface area contributed by atoms with E-state index in [1.165, 1.54) is 18.3 Å². The van der Waals surface area contributed by atoms with E-state index >= 15 is 0 Å². The first kappa shape index (κ1) is 19.3. The summed E-state index contributed by atoms with van der Waals surface area (Å²) in [5.41, 5.74) is 1.66. The SMILES string of the molecule is CC(Nc1ccn2ncc(C(=O)NC3CCC(O)CC3)c2n1)c1cccc(F)c1. The zero-order valence-electron chi connectivity index (χ0n) is 16.2. The van der Waals surface area contributed by atoms with Crippen molar-refractivity contribution in [1.82, 2.24) is 19.9 Å². The van der Waals surface area contributed by atoms with Crippen molar-refractivity contribution in [3.63, 3.8) is 0 Å². The first-order chi connectivity index (χ1) is 14.0. The Morgan fingerprint density at radius 3 is 2.83 bits per heavy atom. The van der Waals surface area contributed by atoms with Crippen molar-refractivity contribution in [1.29, 1.82) is 0 Å². The van der Waals surface area contributed by atoms with Crippen molar-refractivity contribution in [2.75, 3.05) is 5.32 Å². The zero-order valence-corrected chi connectivity index (χ0v) is 16.2. The minimum Gasteiger partial charge on any atom is -0.393 e. The van der Waals surface area contributed by atoms with E-state index in [0.717, 1.165) is 18.4 Å². The van der Waals surface area contributed by atoms with Crippen LogP contribution in [0, 0.1) is 5.82 Å². The average Bonchev–Trinajstić information content (AvgIpc) is 3.13. The van der Waals surface area contributed by atoms with Gasteiger partial charge in [0.25, 0.3) is 5.91 Å². The molecule has 1 amide bonds. The van der Waals surface area contributed by atoms with Crippen LogP contribution in [0.4, 0.5) is 10.2 Å². The third-order valence-electron chi connectivity index (χ3n) is 5.36. The van der Waals surface area contributed by atoms with E-state index in [2.05, 4.69) is 20.7 Å². The second-order valence-electron chi connectivity index (χ2n) is 7.54. The Balaban J connectivity index is 1.50. The van der Waals surface area contributed by atoms with Crippen LogP contribution in [0.3, 0.4) is 0 Å². The summed E-state index contributed by atoms with van der Waals surface area (Å²) < 4.78 is 15.0. The van der Waals surface area contributed by atoms with Gasteiger partial charge in [-0.15, -0.1) is 0 Å². The zero-order chi connectivity index (χ0) is 20.4. The monoisotopic (exact) mass is 397 g/mol. The first-order valence-electron chi connectivity index (χ1n) is 9.85. The summed E-state index contributed by atoms with van der Waals surface area (Å²) in [6, 6.07) is 8.06. The van der Waals surface area contributed by atoms with Crippen LogP contribution >= 0.6 is 0 Å². The van der Waals surface area contributed by atoms with Crippen LogP contribution in [0.1, 0.15) is 54.6 Å². The Morgan fingerprint density at radius 2 is 2.07 bits per heavy atom. The summed E-state index contributed by atoms with van der Waals surface area (Å²) in [7, 11) is 0. The highest BCUT2D eigenvalue weighted by Crippen LogP contribution is 2.21. The maximum Gasteiger partial charge on any atom is 0.256 e. The molecule has 7 nitrogen and oxygen atoms in total. The normalized spacial score (nSPS) is 20.4. The largest absolute Gasteiger partial charge is 0.393 e. The van der Waals surface area contributed by atoms with Crippen molar-refractivity contribution in [2.45, 2.75) is 50.8 Å². The van der Waals surface area contributed by atoms with Crippen LogP contribution in [-0.4, -0.2) is 37.8 Å². The number of aliphatic hydroxyl groups excluding tert-OH is 1. The highest BCUT2D eigenvalue weighted by atomic mass is 19.1. The number of carbonyl (C=O) groups is 1. The molecule has 0 spiro atoms. The van der Waals surface area contributed by atoms with E-state index in [4.69, 9.17) is 0 Å². The third kappa shape index (κ3) is 4.37. The van der Waals surface area contributed by atoms with Crippen LogP contribution in [0.15, 0.2) is 42.7 Å². The van der Waals surface area contributed by atoms with Crippen LogP contribution in [0.5, 0.6) is 0 Å². The molecule has 8 heteroatoms. The molecule has 4 rings (SSSR count). The highest BCUT2D eigenvalue weighted by molar-refractivity contribution is 5.99. The predicted octanol–water partition coefficient (Wildman–Crippen LogP) is 3.07. The van der Waals surface area contributed by atoms with Gasteiger partial charge in [-0.25, -0.2) is 13.9 Å². The molecule has 0 radical (unpaired) electrons. The van der Waals surface area contributed by atoms with Gasteiger partial charge in [0, 0.05) is 12.2 Å². The van der Waals surface area contributed by atoms with Gasteiger partial charge < -0.3 is 15.7 Å². The van der Waals surface area contributed by atoms with Crippen molar-refractivity contribution in [2.24, 2.45) is 0 Å². The van der Waals surface area contributed by atoms with E-state index in [0.29, 0.717) is 29.9 Å². The Bertz CT molecular complexity index is 1010. The highest BCUT2D eigenvalue weighted by Gasteiger charge is 2.23. The number of hydrogen-bond acceptors (Lipinski definition) is 5. The number of benzene rings is 1. The summed E-state index contributed by atoms with van der Waals surface area (Å²) in [5.74, 6) is 0.0679. The summed E-state index contributed by atoms with van der Waals surface area (Å²) >= 11 is 0. The van der Waals surface area contributed by atoms with E-state index in [1.54, 1.807) is 22.8 Å². The minimum absolute atomic E-state index is 0.0511. The van der Waals surface area contributed by atoms with Gasteiger partial charge in [-0.05, 0) is 56.4 Å². The van der Waals surface area contributed by atoms with Crippen LogP contribution in [0.25, 0.3) is 5.65 Å². The Morgan fingerprint density at radius 1 is 1.28 bits per heavy atom. The maximum absolute atomic E-state index is 13.5. The fraction of sp³-hybridized carbons (Fsp3) is 0.381. The molecule has 0 bridgehead atoms. The fourth-order valence-electron chi connectivity index (χ4n) is 3.67. The van der Waals surface area contributed by atoms with Crippen LogP contribution in [0.2, 0.25) is 0 Å². The van der Waals surface area contributed by atoms with E-state index in [9.17, 15) is 14.3 Å². The average molecular weight is 397 g/mol. The molecule has 3 aromatic rings. The minimum atomic E-state index is -0.287. The van der Waals surface area contributed by atoms with Crippen molar-refractivity contribution in [3.05, 3.63) is 59.7 Å². The third-order valence-corrected chi connectivity index (χ3v) is 5.36. The Hall–Kier alpha value is -3.00. The smallest absolute Gasteiger partial charge is 0.256 e. The quantitative estimate of drug-likeness (QED) is 0.615. The van der Waals surface area contributed by atoms with Gasteiger partial charge in [0.05, 0.1) is 18.3 Å². The second-order valence-corrected chi connectivity index (χ2v) is 7.54. The molecule has 1 atom stereocenters.